The van der Waals surface area contributed by atoms with Crippen LogP contribution in [0.25, 0.3) is 71.0 Å². The number of para-hydroxylation sites is 4. The topological polar surface area (TPSA) is 24.6 Å². The fourth-order valence-corrected chi connectivity index (χ4v) is 13.2. The number of rotatable bonds is 9. The van der Waals surface area contributed by atoms with E-state index in [1.807, 2.05) is 0 Å². The van der Waals surface area contributed by atoms with Crippen LogP contribution >= 0.6 is 0 Å². The van der Waals surface area contributed by atoms with Crippen LogP contribution in [0.2, 0.25) is 39.3 Å². The highest BCUT2D eigenvalue weighted by atomic mass is 28.3. The van der Waals surface area contributed by atoms with Crippen LogP contribution in [0.15, 0.2) is 205 Å². The van der Waals surface area contributed by atoms with Gasteiger partial charge in [-0.1, -0.05) is 189 Å². The van der Waals surface area contributed by atoms with E-state index in [9.17, 15) is 0 Å². The highest BCUT2D eigenvalue weighted by Gasteiger charge is 2.28. The summed E-state index contributed by atoms with van der Waals surface area (Å²) in [6, 6.07) is 74.5. The van der Waals surface area contributed by atoms with Crippen LogP contribution < -0.4 is 20.2 Å². The maximum atomic E-state index is 6.99. The molecule has 0 saturated carbocycles. The van der Waals surface area contributed by atoms with Gasteiger partial charge in [-0.25, -0.2) is 0 Å². The van der Waals surface area contributed by atoms with Crippen LogP contribution in [0.4, 0.5) is 34.1 Å². The first kappa shape index (κ1) is 43.6. The number of aromatic nitrogens is 1. The van der Waals surface area contributed by atoms with Crippen LogP contribution in [-0.2, 0) is 0 Å². The zero-order valence-electron chi connectivity index (χ0n) is 41.3. The maximum Gasteiger partial charge on any atom is 0.159 e. The minimum absolute atomic E-state index is 0.863. The van der Waals surface area contributed by atoms with E-state index in [2.05, 4.69) is 268 Å². The summed E-state index contributed by atoms with van der Waals surface area (Å²) in [6.07, 6.45) is 0. The smallest absolute Gasteiger partial charge is 0.159 e. The Kier molecular flexibility index (Phi) is 10.3. The molecule has 342 valence electrons. The van der Waals surface area contributed by atoms with Crippen LogP contribution in [0.1, 0.15) is 11.1 Å². The summed E-state index contributed by atoms with van der Waals surface area (Å²) in [5.41, 5.74) is 14.2. The molecule has 4 nitrogen and oxygen atoms in total. The van der Waals surface area contributed by atoms with Gasteiger partial charge < -0.3 is 18.8 Å². The first-order valence-electron chi connectivity index (χ1n) is 24.6. The van der Waals surface area contributed by atoms with Crippen molar-refractivity contribution in [3.05, 3.63) is 211 Å². The molecule has 2 aromatic heterocycles. The third kappa shape index (κ3) is 7.08. The molecule has 0 atom stereocenters. The molecule has 0 saturated heterocycles. The van der Waals surface area contributed by atoms with E-state index < -0.39 is 16.1 Å². The molecule has 12 aromatic rings. The lowest BCUT2D eigenvalue weighted by atomic mass is 9.96. The maximum absolute atomic E-state index is 6.99. The van der Waals surface area contributed by atoms with Gasteiger partial charge in [-0.2, -0.15) is 0 Å². The second-order valence-electron chi connectivity index (χ2n) is 21.1. The number of furan rings is 1. The van der Waals surface area contributed by atoms with Gasteiger partial charge in [-0.05, 0) is 96.4 Å². The lowest BCUT2D eigenvalue weighted by Gasteiger charge is -2.29. The Morgan fingerprint density at radius 2 is 0.771 bits per heavy atom. The number of benzene rings is 10. The van der Waals surface area contributed by atoms with E-state index >= 15 is 0 Å². The van der Waals surface area contributed by atoms with Crippen LogP contribution in [-0.4, -0.2) is 20.7 Å². The van der Waals surface area contributed by atoms with Crippen molar-refractivity contribution in [2.24, 2.45) is 0 Å². The molecule has 0 fully saturated rings. The molecule has 2 heterocycles. The molecule has 0 aliphatic carbocycles. The van der Waals surface area contributed by atoms with Gasteiger partial charge >= 0.3 is 0 Å². The molecule has 0 aliphatic heterocycles. The van der Waals surface area contributed by atoms with Crippen molar-refractivity contribution < 1.29 is 4.42 Å². The molecule has 12 rings (SSSR count). The highest BCUT2D eigenvalue weighted by molar-refractivity contribution is 6.89. The van der Waals surface area contributed by atoms with Crippen molar-refractivity contribution in [3.8, 4) is 5.69 Å². The summed E-state index contributed by atoms with van der Waals surface area (Å²) >= 11 is 0. The summed E-state index contributed by atoms with van der Waals surface area (Å²) in [5.74, 6) is 0. The van der Waals surface area contributed by atoms with Crippen molar-refractivity contribution in [3.63, 3.8) is 0 Å². The number of hydrogen-bond acceptors (Lipinski definition) is 3. The van der Waals surface area contributed by atoms with Crippen molar-refractivity contribution in [1.29, 1.82) is 0 Å². The molecule has 0 radical (unpaired) electrons. The Balaban J connectivity index is 1.26. The van der Waals surface area contributed by atoms with Gasteiger partial charge in [-0.15, -0.1) is 0 Å². The number of hydrogen-bond donors (Lipinski definition) is 0. The second kappa shape index (κ2) is 16.5. The second-order valence-corrected chi connectivity index (χ2v) is 31.3. The molecular formula is C64H57N3OSi2. The van der Waals surface area contributed by atoms with Crippen molar-refractivity contribution >= 4 is 126 Å². The lowest BCUT2D eigenvalue weighted by Crippen LogP contribution is -2.37. The summed E-state index contributed by atoms with van der Waals surface area (Å²) < 4.78 is 9.50. The van der Waals surface area contributed by atoms with Crippen LogP contribution in [0.3, 0.4) is 0 Å². The average Bonchev–Trinajstić information content (AvgIpc) is 3.91. The molecule has 10 aromatic carbocycles. The largest absolute Gasteiger partial charge is 0.454 e. The van der Waals surface area contributed by atoms with Gasteiger partial charge in [0, 0.05) is 55.1 Å². The minimum Gasteiger partial charge on any atom is -0.454 e. The van der Waals surface area contributed by atoms with E-state index in [-0.39, 0.29) is 0 Å². The SMILES string of the molecule is Cc1ccccc1N(c1ccc([Si](C)(C)C)cc1)c1cc2c(c3ccccc13)c1c3ccccc3c(N(c3ccc([Si](C)(C)C)cc3)c3ccccc3C)cc1n2-c1cccc2c1oc1ccccc12. The Hall–Kier alpha value is -7.65. The molecule has 0 amide bonds. The van der Waals surface area contributed by atoms with E-state index in [0.717, 1.165) is 72.8 Å². The van der Waals surface area contributed by atoms with Crippen molar-refractivity contribution in [2.45, 2.75) is 53.1 Å². The van der Waals surface area contributed by atoms with E-state index in [4.69, 9.17) is 4.42 Å². The monoisotopic (exact) mass is 939 g/mol. The third-order valence-electron chi connectivity index (χ3n) is 14.5. The number of nitrogens with zero attached hydrogens (tertiary/aromatic N) is 3. The number of fused-ring (bicyclic) bond motifs is 10. The first-order chi connectivity index (χ1) is 33.8. The summed E-state index contributed by atoms with van der Waals surface area (Å²) in [7, 11) is -3.13. The Bertz CT molecular complexity index is 3800. The van der Waals surface area contributed by atoms with Gasteiger partial charge in [0.15, 0.2) is 5.58 Å². The quantitative estimate of drug-likeness (QED) is 0.135. The third-order valence-corrected chi connectivity index (χ3v) is 18.7. The van der Waals surface area contributed by atoms with Gasteiger partial charge in [0.05, 0.1) is 44.2 Å². The van der Waals surface area contributed by atoms with Gasteiger partial charge in [0.2, 0.25) is 0 Å². The zero-order valence-corrected chi connectivity index (χ0v) is 43.3. The molecule has 0 bridgehead atoms. The fraction of sp³-hybridized carbons (Fsp3) is 0.125. The van der Waals surface area contributed by atoms with Gasteiger partial charge in [-0.3, -0.25) is 0 Å². The summed E-state index contributed by atoms with van der Waals surface area (Å²) in [4.78, 5) is 4.98. The van der Waals surface area contributed by atoms with Crippen molar-refractivity contribution in [1.82, 2.24) is 4.57 Å². The molecule has 0 N–H and O–H groups in total. The Morgan fingerprint density at radius 1 is 0.371 bits per heavy atom. The van der Waals surface area contributed by atoms with E-state index in [1.165, 1.54) is 53.8 Å². The van der Waals surface area contributed by atoms with Gasteiger partial charge in [0.25, 0.3) is 0 Å². The highest BCUT2D eigenvalue weighted by Crippen LogP contribution is 2.51. The number of anilines is 6. The fourth-order valence-electron chi connectivity index (χ4n) is 10.9. The molecule has 0 spiro atoms. The summed E-state index contributed by atoms with van der Waals surface area (Å²) in [5, 5.41) is 12.3. The molecule has 70 heavy (non-hydrogen) atoms. The van der Waals surface area contributed by atoms with E-state index in [0.29, 0.717) is 0 Å². The minimum atomic E-state index is -1.56. The average molecular weight is 940 g/mol. The van der Waals surface area contributed by atoms with Crippen LogP contribution in [0.5, 0.6) is 0 Å². The molecule has 0 aliphatic rings. The Morgan fingerprint density at radius 3 is 1.23 bits per heavy atom. The van der Waals surface area contributed by atoms with Crippen LogP contribution in [0, 0.1) is 13.8 Å². The predicted octanol–water partition coefficient (Wildman–Crippen LogP) is 17.6. The first-order valence-corrected chi connectivity index (χ1v) is 31.6. The molecule has 0 unspecified atom stereocenters. The summed E-state index contributed by atoms with van der Waals surface area (Å²) in [6.45, 7) is 19.0. The molecular weight excluding hydrogens is 883 g/mol. The lowest BCUT2D eigenvalue weighted by molar-refractivity contribution is 0.666. The Labute approximate surface area is 412 Å². The predicted molar refractivity (Wildman–Crippen MR) is 308 cm³/mol. The normalized spacial score (nSPS) is 12.3. The van der Waals surface area contributed by atoms with Gasteiger partial charge in [0.1, 0.15) is 5.58 Å². The zero-order chi connectivity index (χ0) is 48.1. The molecule has 6 heteroatoms. The number of aryl methyl sites for hydroxylation is 2. The van der Waals surface area contributed by atoms with Crippen molar-refractivity contribution in [2.75, 3.05) is 9.80 Å². The van der Waals surface area contributed by atoms with E-state index in [1.54, 1.807) is 0 Å². The standard InChI is InChI=1S/C64H57N3OSi2/c1-42-20-9-16-28-54(42)65(44-32-36-46(37-33-44)69(3,4)5)57-40-59-62(51-25-13-11-22-48(51)57)63-52-26-14-12-23-49(52)58(66(55-29-17-10-21-43(55)2)45-34-38-47(39-35-45)70(6,7)8)41-60(63)67(59)56-30-19-27-53-50-24-15-18-31-61(50)68-64(53)56/h9-41H,1-8H3.